The Morgan fingerprint density at radius 2 is 1.91 bits per heavy atom. The minimum absolute atomic E-state index is 0.239. The summed E-state index contributed by atoms with van der Waals surface area (Å²) in [6.45, 7) is 5.19. The summed E-state index contributed by atoms with van der Waals surface area (Å²) in [6, 6.07) is 3.85. The standard InChI is InChI=1S/C11H16N2O2S.C2HF3O2/c1-15-11(14)10-3-2-9(16-10)8-13-6-4-12-5-7-13;3-2(4,5)1(6)7/h2-3,12H,4-8H2,1H3;(H,6,7). The monoisotopic (exact) mass is 354 g/mol. The predicted octanol–water partition coefficient (Wildman–Crippen LogP) is 1.57. The number of carboxylic acids is 1. The van der Waals surface area contributed by atoms with Crippen molar-refractivity contribution in [1.82, 2.24) is 10.2 Å². The normalized spacial score (nSPS) is 15.5. The number of carbonyl (C=O) groups is 2. The molecule has 0 spiro atoms. The molecular weight excluding hydrogens is 337 g/mol. The third-order valence-corrected chi connectivity index (χ3v) is 3.93. The number of alkyl halides is 3. The lowest BCUT2D eigenvalue weighted by Crippen LogP contribution is -2.42. The number of hydrogen-bond donors (Lipinski definition) is 2. The molecule has 23 heavy (non-hydrogen) atoms. The molecule has 1 aromatic rings. The second-order valence-corrected chi connectivity index (χ2v) is 5.75. The number of esters is 1. The second kappa shape index (κ2) is 8.85. The summed E-state index contributed by atoms with van der Waals surface area (Å²) in [5.41, 5.74) is 0. The van der Waals surface area contributed by atoms with Gasteiger partial charge in [-0.25, -0.2) is 9.59 Å². The van der Waals surface area contributed by atoms with E-state index < -0.39 is 12.1 Å². The van der Waals surface area contributed by atoms with Gasteiger partial charge in [0.1, 0.15) is 4.88 Å². The largest absolute Gasteiger partial charge is 0.490 e. The molecule has 0 bridgehead atoms. The molecule has 2 heterocycles. The molecule has 0 aromatic carbocycles. The molecule has 0 aliphatic carbocycles. The van der Waals surface area contributed by atoms with E-state index in [2.05, 4.69) is 15.0 Å². The zero-order valence-corrected chi connectivity index (χ0v) is 13.2. The number of rotatable bonds is 3. The van der Waals surface area contributed by atoms with Crippen LogP contribution in [0.25, 0.3) is 0 Å². The minimum Gasteiger partial charge on any atom is -0.475 e. The molecule has 0 saturated carbocycles. The van der Waals surface area contributed by atoms with E-state index in [1.54, 1.807) is 0 Å². The highest BCUT2D eigenvalue weighted by molar-refractivity contribution is 7.13. The van der Waals surface area contributed by atoms with Gasteiger partial charge in [-0.1, -0.05) is 0 Å². The van der Waals surface area contributed by atoms with Gasteiger partial charge in [-0.2, -0.15) is 13.2 Å². The number of ether oxygens (including phenoxy) is 1. The second-order valence-electron chi connectivity index (χ2n) is 4.59. The summed E-state index contributed by atoms with van der Waals surface area (Å²) in [7, 11) is 1.41. The van der Waals surface area contributed by atoms with Crippen LogP contribution in [0.5, 0.6) is 0 Å². The smallest absolute Gasteiger partial charge is 0.475 e. The predicted molar refractivity (Wildman–Crippen MR) is 77.5 cm³/mol. The number of hydrogen-bond acceptors (Lipinski definition) is 6. The van der Waals surface area contributed by atoms with Crippen LogP contribution in [-0.4, -0.2) is 61.4 Å². The zero-order valence-electron chi connectivity index (χ0n) is 12.4. The SMILES string of the molecule is COC(=O)c1ccc(CN2CCNCC2)s1.O=C(O)C(F)(F)F. The molecule has 1 fully saturated rings. The summed E-state index contributed by atoms with van der Waals surface area (Å²) in [6.07, 6.45) is -5.08. The molecule has 1 aromatic heterocycles. The minimum atomic E-state index is -5.08. The average molecular weight is 354 g/mol. The first-order valence-corrected chi connectivity index (χ1v) is 7.46. The lowest BCUT2D eigenvalue weighted by atomic mass is 10.3. The lowest BCUT2D eigenvalue weighted by molar-refractivity contribution is -0.192. The number of thiophene rings is 1. The van der Waals surface area contributed by atoms with Gasteiger partial charge < -0.3 is 15.2 Å². The number of carboxylic acid groups (broad SMARTS) is 1. The van der Waals surface area contributed by atoms with Gasteiger partial charge in [-0.05, 0) is 12.1 Å². The molecule has 2 N–H and O–H groups in total. The molecule has 0 atom stereocenters. The summed E-state index contributed by atoms with van der Waals surface area (Å²) in [5, 5.41) is 10.4. The summed E-state index contributed by atoms with van der Waals surface area (Å²) >= 11 is 1.52. The summed E-state index contributed by atoms with van der Waals surface area (Å²) in [4.78, 5) is 24.5. The van der Waals surface area contributed by atoms with E-state index in [0.717, 1.165) is 32.7 Å². The Kier molecular flexibility index (Phi) is 7.46. The first-order chi connectivity index (χ1) is 10.7. The molecular formula is C13H17F3N2O4S. The van der Waals surface area contributed by atoms with E-state index >= 15 is 0 Å². The quantitative estimate of drug-likeness (QED) is 0.803. The number of nitrogens with zero attached hydrogens (tertiary/aromatic N) is 1. The van der Waals surface area contributed by atoms with Crippen LogP contribution < -0.4 is 5.32 Å². The van der Waals surface area contributed by atoms with Crippen molar-refractivity contribution in [2.45, 2.75) is 12.7 Å². The molecule has 1 aliphatic heterocycles. The van der Waals surface area contributed by atoms with Crippen LogP contribution >= 0.6 is 11.3 Å². The molecule has 1 saturated heterocycles. The number of carbonyl (C=O) groups excluding carboxylic acids is 1. The third kappa shape index (κ3) is 6.97. The first-order valence-electron chi connectivity index (χ1n) is 6.64. The molecule has 0 unspecified atom stereocenters. The molecule has 1 aliphatic rings. The van der Waals surface area contributed by atoms with Gasteiger partial charge in [0.25, 0.3) is 0 Å². The molecule has 2 rings (SSSR count). The fraction of sp³-hybridized carbons (Fsp3) is 0.538. The molecule has 0 radical (unpaired) electrons. The Balaban J connectivity index is 0.000000322. The first kappa shape index (κ1) is 19.4. The van der Waals surface area contributed by atoms with Gasteiger partial charge in [0, 0.05) is 37.6 Å². The van der Waals surface area contributed by atoms with Crippen molar-refractivity contribution in [3.05, 3.63) is 21.9 Å². The van der Waals surface area contributed by atoms with Crippen LogP contribution in [0.3, 0.4) is 0 Å². The van der Waals surface area contributed by atoms with Gasteiger partial charge >= 0.3 is 18.1 Å². The van der Waals surface area contributed by atoms with Gasteiger partial charge in [0.05, 0.1) is 7.11 Å². The molecule has 0 amide bonds. The van der Waals surface area contributed by atoms with E-state index in [0.29, 0.717) is 4.88 Å². The van der Waals surface area contributed by atoms with Crippen molar-refractivity contribution >= 4 is 23.3 Å². The van der Waals surface area contributed by atoms with Crippen molar-refractivity contribution in [3.8, 4) is 0 Å². The summed E-state index contributed by atoms with van der Waals surface area (Å²) < 4.78 is 36.4. The van der Waals surface area contributed by atoms with E-state index in [1.165, 1.54) is 23.3 Å². The zero-order chi connectivity index (χ0) is 17.5. The topological polar surface area (TPSA) is 78.9 Å². The van der Waals surface area contributed by atoms with Crippen molar-refractivity contribution < 1.29 is 32.6 Å². The van der Waals surface area contributed by atoms with Gasteiger partial charge in [0.2, 0.25) is 0 Å². The van der Waals surface area contributed by atoms with E-state index in [-0.39, 0.29) is 5.97 Å². The van der Waals surface area contributed by atoms with Crippen molar-refractivity contribution in [2.75, 3.05) is 33.3 Å². The van der Waals surface area contributed by atoms with Crippen LogP contribution in [0, 0.1) is 0 Å². The number of halogens is 3. The maximum atomic E-state index is 11.3. The molecule has 6 nitrogen and oxygen atoms in total. The van der Waals surface area contributed by atoms with Crippen LogP contribution in [0.15, 0.2) is 12.1 Å². The van der Waals surface area contributed by atoms with Crippen LogP contribution in [-0.2, 0) is 16.1 Å². The van der Waals surface area contributed by atoms with Crippen LogP contribution in [0.2, 0.25) is 0 Å². The number of nitrogens with one attached hydrogen (secondary N) is 1. The Morgan fingerprint density at radius 3 is 2.39 bits per heavy atom. The summed E-state index contributed by atoms with van der Waals surface area (Å²) in [5.74, 6) is -3.00. The van der Waals surface area contributed by atoms with Crippen LogP contribution in [0.1, 0.15) is 14.5 Å². The van der Waals surface area contributed by atoms with Gasteiger partial charge in [-0.15, -0.1) is 11.3 Å². The van der Waals surface area contributed by atoms with Crippen molar-refractivity contribution in [2.24, 2.45) is 0 Å². The van der Waals surface area contributed by atoms with E-state index in [9.17, 15) is 18.0 Å². The van der Waals surface area contributed by atoms with Crippen LogP contribution in [0.4, 0.5) is 13.2 Å². The van der Waals surface area contributed by atoms with Crippen molar-refractivity contribution in [1.29, 1.82) is 0 Å². The number of aliphatic carboxylic acids is 1. The fourth-order valence-corrected chi connectivity index (χ4v) is 2.73. The Bertz CT molecular complexity index is 528. The Labute approximate surface area is 134 Å². The molecule has 130 valence electrons. The average Bonchev–Trinajstić information content (AvgIpc) is 2.95. The highest BCUT2D eigenvalue weighted by Crippen LogP contribution is 2.19. The lowest BCUT2D eigenvalue weighted by Gasteiger charge is -2.26. The maximum Gasteiger partial charge on any atom is 0.490 e. The van der Waals surface area contributed by atoms with E-state index in [1.807, 2.05) is 12.1 Å². The molecule has 10 heteroatoms. The highest BCUT2D eigenvalue weighted by atomic mass is 32.1. The van der Waals surface area contributed by atoms with Gasteiger partial charge in [-0.3, -0.25) is 4.90 Å². The number of piperazine rings is 1. The Morgan fingerprint density at radius 1 is 1.35 bits per heavy atom. The fourth-order valence-electron chi connectivity index (χ4n) is 1.76. The van der Waals surface area contributed by atoms with Crippen molar-refractivity contribution in [3.63, 3.8) is 0 Å². The Hall–Kier alpha value is -1.65. The van der Waals surface area contributed by atoms with Gasteiger partial charge in [0.15, 0.2) is 0 Å². The number of methoxy groups -OCH3 is 1. The maximum absolute atomic E-state index is 11.3. The van der Waals surface area contributed by atoms with E-state index in [4.69, 9.17) is 9.90 Å². The highest BCUT2D eigenvalue weighted by Gasteiger charge is 2.38. The third-order valence-electron chi connectivity index (χ3n) is 2.88.